The van der Waals surface area contributed by atoms with Crippen molar-refractivity contribution in [3.8, 4) is 0 Å². The minimum Gasteiger partial charge on any atom is -0.388 e. The third kappa shape index (κ3) is 3.21. The van der Waals surface area contributed by atoms with Crippen molar-refractivity contribution in [1.82, 2.24) is 4.90 Å². The monoisotopic (exact) mass is 239 g/mol. The van der Waals surface area contributed by atoms with Crippen molar-refractivity contribution in [3.63, 3.8) is 0 Å². The Bertz CT molecular complexity index is 269. The number of carbonyl (C=O) groups excluding carboxylic acids is 1. The van der Waals surface area contributed by atoms with Gasteiger partial charge < -0.3 is 10.0 Å². The molecule has 3 nitrogen and oxygen atoms in total. The number of rotatable bonds is 3. The molecule has 2 fully saturated rings. The third-order valence-electron chi connectivity index (χ3n) is 4.52. The van der Waals surface area contributed by atoms with E-state index in [-0.39, 0.29) is 5.91 Å². The molecule has 2 rings (SSSR count). The molecule has 0 aromatic carbocycles. The van der Waals surface area contributed by atoms with Crippen LogP contribution in [0.2, 0.25) is 0 Å². The summed E-state index contributed by atoms with van der Waals surface area (Å²) >= 11 is 0. The van der Waals surface area contributed by atoms with Gasteiger partial charge in [0, 0.05) is 19.5 Å². The zero-order valence-corrected chi connectivity index (χ0v) is 11.0. The molecule has 1 N–H and O–H groups in total. The van der Waals surface area contributed by atoms with Crippen LogP contribution in [-0.4, -0.2) is 34.6 Å². The van der Waals surface area contributed by atoms with Gasteiger partial charge >= 0.3 is 0 Å². The summed E-state index contributed by atoms with van der Waals surface area (Å²) in [6.07, 6.45) is 7.99. The molecule has 1 saturated carbocycles. The van der Waals surface area contributed by atoms with Crippen LogP contribution < -0.4 is 0 Å². The first-order chi connectivity index (χ1) is 8.13. The quantitative estimate of drug-likeness (QED) is 0.821. The van der Waals surface area contributed by atoms with Crippen LogP contribution in [0.1, 0.15) is 58.3 Å². The van der Waals surface area contributed by atoms with Crippen molar-refractivity contribution in [1.29, 1.82) is 0 Å². The molecule has 0 radical (unpaired) electrons. The highest BCUT2D eigenvalue weighted by Gasteiger charge is 2.35. The second kappa shape index (κ2) is 5.38. The zero-order chi connectivity index (χ0) is 12.3. The Hall–Kier alpha value is -0.570. The lowest BCUT2D eigenvalue weighted by atomic mass is 9.77. The first kappa shape index (κ1) is 12.9. The van der Waals surface area contributed by atoms with Gasteiger partial charge in [0.25, 0.3) is 0 Å². The van der Waals surface area contributed by atoms with Crippen molar-refractivity contribution in [3.05, 3.63) is 0 Å². The Morgan fingerprint density at radius 2 is 2.06 bits per heavy atom. The molecule has 1 amide bonds. The summed E-state index contributed by atoms with van der Waals surface area (Å²) in [5.41, 5.74) is -0.599. The number of nitrogens with zero attached hydrogens (tertiary/aromatic N) is 1. The Morgan fingerprint density at radius 3 is 2.65 bits per heavy atom. The van der Waals surface area contributed by atoms with Crippen LogP contribution in [0.4, 0.5) is 0 Å². The van der Waals surface area contributed by atoms with E-state index in [1.807, 2.05) is 4.90 Å². The normalized spacial score (nSPS) is 35.1. The molecular formula is C14H25NO2. The number of hydrogen-bond acceptors (Lipinski definition) is 2. The van der Waals surface area contributed by atoms with E-state index in [0.717, 1.165) is 51.0 Å². The molecule has 1 saturated heterocycles. The van der Waals surface area contributed by atoms with Crippen molar-refractivity contribution < 1.29 is 9.90 Å². The molecule has 0 atom stereocenters. The smallest absolute Gasteiger partial charge is 0.222 e. The van der Waals surface area contributed by atoms with E-state index < -0.39 is 5.60 Å². The van der Waals surface area contributed by atoms with Gasteiger partial charge in [-0.05, 0) is 44.4 Å². The predicted octanol–water partition coefficient (Wildman–Crippen LogP) is 2.33. The summed E-state index contributed by atoms with van der Waals surface area (Å²) in [7, 11) is 0. The number of amides is 1. The SMILES string of the molecule is CCC1CCC(O)(CN2CCCCC2=O)CC1. The van der Waals surface area contributed by atoms with E-state index in [1.165, 1.54) is 6.42 Å². The second-order valence-corrected chi connectivity index (χ2v) is 5.85. The highest BCUT2D eigenvalue weighted by Crippen LogP contribution is 2.34. The first-order valence-electron chi connectivity index (χ1n) is 7.13. The van der Waals surface area contributed by atoms with E-state index in [2.05, 4.69) is 6.92 Å². The van der Waals surface area contributed by atoms with E-state index in [0.29, 0.717) is 13.0 Å². The fourth-order valence-electron chi connectivity index (χ4n) is 3.17. The molecule has 0 bridgehead atoms. The van der Waals surface area contributed by atoms with Crippen molar-refractivity contribution in [2.24, 2.45) is 5.92 Å². The summed E-state index contributed by atoms with van der Waals surface area (Å²) in [5.74, 6) is 1.02. The van der Waals surface area contributed by atoms with Gasteiger partial charge in [-0.2, -0.15) is 0 Å². The van der Waals surface area contributed by atoms with Gasteiger partial charge in [-0.25, -0.2) is 0 Å². The zero-order valence-electron chi connectivity index (χ0n) is 11.0. The lowest BCUT2D eigenvalue weighted by Crippen LogP contribution is -2.49. The van der Waals surface area contributed by atoms with Crippen LogP contribution in [0, 0.1) is 5.92 Å². The Morgan fingerprint density at radius 1 is 1.35 bits per heavy atom. The molecule has 0 spiro atoms. The number of β-amino-alcohol motifs (C(OH)–C–C–N with tert-alkyl or cyclic N) is 1. The maximum atomic E-state index is 11.7. The Balaban J connectivity index is 1.87. The maximum absolute atomic E-state index is 11.7. The maximum Gasteiger partial charge on any atom is 0.222 e. The first-order valence-corrected chi connectivity index (χ1v) is 7.13. The van der Waals surface area contributed by atoms with Crippen LogP contribution in [0.15, 0.2) is 0 Å². The lowest BCUT2D eigenvalue weighted by molar-refractivity contribution is -0.138. The van der Waals surface area contributed by atoms with Gasteiger partial charge in [0.15, 0.2) is 0 Å². The van der Waals surface area contributed by atoms with Crippen LogP contribution in [0.5, 0.6) is 0 Å². The topological polar surface area (TPSA) is 40.5 Å². The van der Waals surface area contributed by atoms with Gasteiger partial charge in [0.1, 0.15) is 0 Å². The van der Waals surface area contributed by atoms with E-state index in [9.17, 15) is 9.90 Å². The molecular weight excluding hydrogens is 214 g/mol. The van der Waals surface area contributed by atoms with Gasteiger partial charge in [0.05, 0.1) is 5.60 Å². The average molecular weight is 239 g/mol. The van der Waals surface area contributed by atoms with E-state index >= 15 is 0 Å². The molecule has 0 aromatic heterocycles. The Labute approximate surface area is 104 Å². The largest absolute Gasteiger partial charge is 0.388 e. The molecule has 0 aromatic rings. The molecule has 1 heterocycles. The molecule has 0 unspecified atom stereocenters. The molecule has 3 heteroatoms. The van der Waals surface area contributed by atoms with Crippen molar-refractivity contribution in [2.75, 3.05) is 13.1 Å². The minimum atomic E-state index is -0.599. The summed E-state index contributed by atoms with van der Waals surface area (Å²) < 4.78 is 0. The number of likely N-dealkylation sites (tertiary alicyclic amines) is 1. The summed E-state index contributed by atoms with van der Waals surface area (Å²) in [6, 6.07) is 0. The summed E-state index contributed by atoms with van der Waals surface area (Å²) in [6.45, 7) is 3.64. The van der Waals surface area contributed by atoms with Gasteiger partial charge in [-0.15, -0.1) is 0 Å². The summed E-state index contributed by atoms with van der Waals surface area (Å²) in [5, 5.41) is 10.6. The summed E-state index contributed by atoms with van der Waals surface area (Å²) in [4.78, 5) is 13.6. The van der Waals surface area contributed by atoms with E-state index in [1.54, 1.807) is 0 Å². The standard InChI is InChI=1S/C14H25NO2/c1-2-12-6-8-14(17,9-7-12)11-15-10-4-3-5-13(15)16/h12,17H,2-11H2,1H3. The van der Waals surface area contributed by atoms with Crippen LogP contribution in [0.25, 0.3) is 0 Å². The van der Waals surface area contributed by atoms with Gasteiger partial charge in [-0.1, -0.05) is 13.3 Å². The van der Waals surface area contributed by atoms with Crippen LogP contribution in [-0.2, 0) is 4.79 Å². The molecule has 1 aliphatic carbocycles. The number of hydrogen-bond donors (Lipinski definition) is 1. The number of carbonyl (C=O) groups is 1. The van der Waals surface area contributed by atoms with Gasteiger partial charge in [0.2, 0.25) is 5.91 Å². The molecule has 98 valence electrons. The minimum absolute atomic E-state index is 0.238. The predicted molar refractivity (Wildman–Crippen MR) is 67.6 cm³/mol. The average Bonchev–Trinajstić information content (AvgIpc) is 2.33. The molecule has 1 aliphatic heterocycles. The van der Waals surface area contributed by atoms with Crippen LogP contribution >= 0.6 is 0 Å². The second-order valence-electron chi connectivity index (χ2n) is 5.85. The fourth-order valence-corrected chi connectivity index (χ4v) is 3.17. The lowest BCUT2D eigenvalue weighted by Gasteiger charge is -2.40. The van der Waals surface area contributed by atoms with Crippen LogP contribution in [0.3, 0.4) is 0 Å². The fraction of sp³-hybridized carbons (Fsp3) is 0.929. The highest BCUT2D eigenvalue weighted by atomic mass is 16.3. The number of aliphatic hydroxyl groups is 1. The Kier molecular flexibility index (Phi) is 4.08. The van der Waals surface area contributed by atoms with Gasteiger partial charge in [-0.3, -0.25) is 4.79 Å². The molecule has 17 heavy (non-hydrogen) atoms. The highest BCUT2D eigenvalue weighted by molar-refractivity contribution is 5.76. The van der Waals surface area contributed by atoms with Crippen molar-refractivity contribution >= 4 is 5.91 Å². The van der Waals surface area contributed by atoms with Crippen molar-refractivity contribution in [2.45, 2.75) is 63.9 Å². The number of piperidine rings is 1. The third-order valence-corrected chi connectivity index (χ3v) is 4.52. The molecule has 2 aliphatic rings. The van der Waals surface area contributed by atoms with E-state index in [4.69, 9.17) is 0 Å².